The Hall–Kier alpha value is -3.06. The molecule has 8 nitrogen and oxygen atoms in total. The van der Waals surface area contributed by atoms with Gasteiger partial charge < -0.3 is 15.6 Å². The second kappa shape index (κ2) is 14.2. The van der Waals surface area contributed by atoms with E-state index >= 15 is 0 Å². The number of hydrogen-bond acceptors (Lipinski definition) is 6. The molecule has 1 fully saturated rings. The highest BCUT2D eigenvalue weighted by atomic mass is 32.3. The highest BCUT2D eigenvalue weighted by Gasteiger charge is 2.35. The van der Waals surface area contributed by atoms with Gasteiger partial charge in [-0.3, -0.25) is 9.69 Å². The first kappa shape index (κ1) is 32.5. The van der Waals surface area contributed by atoms with Crippen LogP contribution in [0.2, 0.25) is 0 Å². The molecule has 1 aromatic heterocycles. The number of piperidine rings is 1. The lowest BCUT2D eigenvalue weighted by atomic mass is 9.88. The maximum absolute atomic E-state index is 14.2. The first-order valence-electron chi connectivity index (χ1n) is 13.6. The van der Waals surface area contributed by atoms with Gasteiger partial charge in [0.25, 0.3) is 6.43 Å². The molecule has 13 heteroatoms. The normalized spacial score (nSPS) is 17.8. The topological polar surface area (TPSA) is 84.3 Å². The number of anilines is 1. The Bertz CT molecular complexity index is 1280. The minimum absolute atomic E-state index is 0.0761. The number of halogens is 4. The SMILES string of the molecule is CC.CC1=CNNC=C1c1nc(N2CCCC(Cc3ccc(F)c(F)c3C(F)F)C2=O)n(COCCS(C)(C)C)n1. The number of nitrogens with zero attached hydrogens (tertiary/aromatic N) is 4. The zero-order chi connectivity index (χ0) is 30.3. The van der Waals surface area contributed by atoms with E-state index in [1.807, 2.05) is 20.8 Å². The lowest BCUT2D eigenvalue weighted by molar-refractivity contribution is -0.123. The van der Waals surface area contributed by atoms with Crippen molar-refractivity contribution in [2.45, 2.75) is 53.2 Å². The molecule has 0 spiro atoms. The van der Waals surface area contributed by atoms with E-state index in [1.165, 1.54) is 9.58 Å². The van der Waals surface area contributed by atoms with Gasteiger partial charge in [-0.05, 0) is 62.2 Å². The summed E-state index contributed by atoms with van der Waals surface area (Å²) in [6.07, 6.45) is 7.73. The fourth-order valence-corrected chi connectivity index (χ4v) is 5.13. The summed E-state index contributed by atoms with van der Waals surface area (Å²) in [7, 11) is -0.760. The lowest BCUT2D eigenvalue weighted by Gasteiger charge is -2.31. The van der Waals surface area contributed by atoms with Crippen molar-refractivity contribution in [2.75, 3.05) is 42.6 Å². The van der Waals surface area contributed by atoms with Crippen LogP contribution in [0.4, 0.5) is 23.5 Å². The number of alkyl halides is 2. The number of hydrazine groups is 1. The summed E-state index contributed by atoms with van der Waals surface area (Å²) in [6.45, 7) is 6.84. The van der Waals surface area contributed by atoms with Gasteiger partial charge in [-0.25, -0.2) is 32.3 Å². The molecule has 0 bridgehead atoms. The van der Waals surface area contributed by atoms with Crippen molar-refractivity contribution in [1.29, 1.82) is 0 Å². The van der Waals surface area contributed by atoms with Crippen molar-refractivity contribution in [3.8, 4) is 0 Å². The summed E-state index contributed by atoms with van der Waals surface area (Å²) >= 11 is 0. The Balaban J connectivity index is 0.00000226. The van der Waals surface area contributed by atoms with Crippen LogP contribution in [0.1, 0.15) is 57.0 Å². The number of allylic oxidation sites excluding steroid dienone is 2. The van der Waals surface area contributed by atoms with Gasteiger partial charge in [0.15, 0.2) is 17.5 Å². The smallest absolute Gasteiger partial charge is 0.267 e. The van der Waals surface area contributed by atoms with Gasteiger partial charge in [0.05, 0.1) is 12.2 Å². The number of ether oxygens (including phenoxy) is 1. The minimum Gasteiger partial charge on any atom is -0.358 e. The van der Waals surface area contributed by atoms with Crippen LogP contribution in [0, 0.1) is 17.6 Å². The Morgan fingerprint density at radius 2 is 1.85 bits per heavy atom. The number of carbonyl (C=O) groups is 1. The van der Waals surface area contributed by atoms with E-state index in [0.29, 0.717) is 31.8 Å². The summed E-state index contributed by atoms with van der Waals surface area (Å²) < 4.78 is 62.5. The van der Waals surface area contributed by atoms with Crippen LogP contribution in [-0.4, -0.2) is 58.3 Å². The zero-order valence-electron chi connectivity index (χ0n) is 24.4. The summed E-state index contributed by atoms with van der Waals surface area (Å²) in [5, 5.41) is 4.62. The average molecular weight is 601 g/mol. The monoisotopic (exact) mass is 600 g/mol. The second-order valence-electron chi connectivity index (χ2n) is 10.5. The van der Waals surface area contributed by atoms with Crippen molar-refractivity contribution in [2.24, 2.45) is 5.92 Å². The van der Waals surface area contributed by atoms with Crippen LogP contribution >= 0.6 is 10.0 Å². The van der Waals surface area contributed by atoms with Crippen LogP contribution < -0.4 is 15.8 Å². The number of nitrogens with one attached hydrogen (secondary N) is 2. The van der Waals surface area contributed by atoms with Gasteiger partial charge in [0.2, 0.25) is 11.9 Å². The van der Waals surface area contributed by atoms with Gasteiger partial charge in [-0.1, -0.05) is 19.9 Å². The molecule has 2 aliphatic heterocycles. The molecule has 3 heterocycles. The van der Waals surface area contributed by atoms with Gasteiger partial charge in [0, 0.05) is 36.2 Å². The van der Waals surface area contributed by atoms with Crippen LogP contribution in [0.15, 0.2) is 30.1 Å². The molecule has 1 unspecified atom stereocenters. The van der Waals surface area contributed by atoms with Crippen molar-refractivity contribution in [3.63, 3.8) is 0 Å². The molecule has 0 radical (unpaired) electrons. The lowest BCUT2D eigenvalue weighted by Crippen LogP contribution is -2.43. The fraction of sp³-hybridized carbons (Fsp3) is 0.536. The highest BCUT2D eigenvalue weighted by molar-refractivity contribution is 8.32. The number of hydrogen-bond donors (Lipinski definition) is 2. The largest absolute Gasteiger partial charge is 0.358 e. The maximum Gasteiger partial charge on any atom is 0.267 e. The molecule has 1 atom stereocenters. The number of rotatable bonds is 10. The Labute approximate surface area is 240 Å². The van der Waals surface area contributed by atoms with Gasteiger partial charge in [-0.15, -0.1) is 5.10 Å². The predicted molar refractivity (Wildman–Crippen MR) is 156 cm³/mol. The van der Waals surface area contributed by atoms with Crippen molar-refractivity contribution in [3.05, 3.63) is 58.7 Å². The van der Waals surface area contributed by atoms with Crippen LogP contribution in [0.5, 0.6) is 0 Å². The second-order valence-corrected chi connectivity index (χ2v) is 15.1. The van der Waals surface area contributed by atoms with Gasteiger partial charge >= 0.3 is 0 Å². The van der Waals surface area contributed by atoms with E-state index in [2.05, 4.69) is 39.7 Å². The Morgan fingerprint density at radius 1 is 1.15 bits per heavy atom. The molecule has 0 saturated carbocycles. The molecule has 1 saturated heterocycles. The quantitative estimate of drug-likeness (QED) is 0.276. The molecule has 1 amide bonds. The molecule has 228 valence electrons. The van der Waals surface area contributed by atoms with E-state index in [9.17, 15) is 22.4 Å². The maximum atomic E-state index is 14.2. The third-order valence-electron chi connectivity index (χ3n) is 6.66. The van der Waals surface area contributed by atoms with E-state index in [-0.39, 0.29) is 30.6 Å². The fourth-order valence-electron chi connectivity index (χ4n) is 4.51. The third kappa shape index (κ3) is 8.03. The van der Waals surface area contributed by atoms with Crippen LogP contribution in [-0.2, 0) is 22.7 Å². The number of benzene rings is 1. The molecule has 0 aliphatic carbocycles. The van der Waals surface area contributed by atoms with Gasteiger partial charge in [-0.2, -0.15) is 4.98 Å². The molecule has 1 aromatic carbocycles. The summed E-state index contributed by atoms with van der Waals surface area (Å²) in [5.41, 5.74) is 6.34. The van der Waals surface area contributed by atoms with Crippen molar-refractivity contribution in [1.82, 2.24) is 25.6 Å². The summed E-state index contributed by atoms with van der Waals surface area (Å²) in [4.78, 5) is 19.8. The Morgan fingerprint density at radius 3 is 2.51 bits per heavy atom. The van der Waals surface area contributed by atoms with Crippen molar-refractivity contribution >= 4 is 27.5 Å². The van der Waals surface area contributed by atoms with E-state index < -0.39 is 39.6 Å². The van der Waals surface area contributed by atoms with Crippen molar-refractivity contribution < 1.29 is 27.1 Å². The molecule has 2 aromatic rings. The third-order valence-corrected chi connectivity index (χ3v) is 8.05. The average Bonchev–Trinajstić information content (AvgIpc) is 3.34. The molecular weight excluding hydrogens is 560 g/mol. The van der Waals surface area contributed by atoms with E-state index in [4.69, 9.17) is 4.74 Å². The summed E-state index contributed by atoms with van der Waals surface area (Å²) in [5.74, 6) is -2.38. The number of aromatic nitrogens is 3. The van der Waals surface area contributed by atoms with Crippen LogP contribution in [0.3, 0.4) is 0 Å². The molecular formula is C28H40F4N6O2S. The molecule has 41 heavy (non-hydrogen) atoms. The first-order chi connectivity index (χ1) is 19.5. The molecule has 2 aliphatic rings. The van der Waals surface area contributed by atoms with Gasteiger partial charge in [0.1, 0.15) is 6.73 Å². The Kier molecular flexibility index (Phi) is 11.3. The molecule has 4 rings (SSSR count). The summed E-state index contributed by atoms with van der Waals surface area (Å²) in [6, 6.07) is 1.95. The van der Waals surface area contributed by atoms with E-state index in [0.717, 1.165) is 29.0 Å². The first-order valence-corrected chi connectivity index (χ1v) is 16.6. The number of carbonyl (C=O) groups excluding carboxylic acids is 1. The highest BCUT2D eigenvalue weighted by Crippen LogP contribution is 2.34. The minimum atomic E-state index is -3.20. The number of amides is 1. The van der Waals surface area contributed by atoms with Crippen LogP contribution in [0.25, 0.3) is 5.57 Å². The zero-order valence-corrected chi connectivity index (χ0v) is 25.3. The van der Waals surface area contributed by atoms with E-state index in [1.54, 1.807) is 12.4 Å². The molecule has 2 N–H and O–H groups in total. The standard InChI is InChI=1S/C26H34F4N6O2S.C2H6/c1-16-13-31-32-14-19(16)24-33-26(36(34-24)15-38-10-11-39(2,3)4)35-9-5-6-18(25(35)37)12-17-7-8-20(27)22(28)21(17)23(29)30;1-2/h7-8,13-14,18,23,31-32H,5-6,9-12,15H2,1-4H3;1-2H3. The predicted octanol–water partition coefficient (Wildman–Crippen LogP) is 5.53.